The van der Waals surface area contributed by atoms with Crippen molar-refractivity contribution in [2.75, 3.05) is 13.2 Å². The van der Waals surface area contributed by atoms with Crippen molar-refractivity contribution in [3.63, 3.8) is 0 Å². The van der Waals surface area contributed by atoms with Crippen molar-refractivity contribution >= 4 is 11.9 Å². The van der Waals surface area contributed by atoms with Crippen LogP contribution in [0.2, 0.25) is 0 Å². The number of likely N-dealkylation sites (tertiary alicyclic amines) is 1. The molecule has 3 rings (SSSR count). The van der Waals surface area contributed by atoms with Crippen molar-refractivity contribution in [3.8, 4) is 5.75 Å². The zero-order valence-electron chi connectivity index (χ0n) is 11.4. The topological polar surface area (TPSA) is 66.8 Å². The van der Waals surface area contributed by atoms with Gasteiger partial charge in [-0.2, -0.15) is 0 Å². The minimum Gasteiger partial charge on any atom is -0.493 e. The van der Waals surface area contributed by atoms with Gasteiger partial charge in [-0.1, -0.05) is 0 Å². The van der Waals surface area contributed by atoms with E-state index in [4.69, 9.17) is 4.74 Å². The van der Waals surface area contributed by atoms with Crippen LogP contribution in [0.5, 0.6) is 5.75 Å². The Morgan fingerprint density at radius 1 is 1.40 bits per heavy atom. The number of ether oxygens (including phenoxy) is 1. The number of aliphatic carboxylic acids is 1. The molecule has 0 spiro atoms. The van der Waals surface area contributed by atoms with Crippen LogP contribution in [-0.4, -0.2) is 40.6 Å². The standard InChI is InChI=1S/C15H17NO4/c1-15(14(18)19)6-2-7-16(15)13(17)11-3-4-12-10(9-11)5-8-20-12/h3-4,9H,2,5-8H2,1H3,(H,18,19). The average molecular weight is 275 g/mol. The molecule has 1 atom stereocenters. The van der Waals surface area contributed by atoms with Gasteiger partial charge in [0.25, 0.3) is 5.91 Å². The van der Waals surface area contributed by atoms with Crippen molar-refractivity contribution < 1.29 is 19.4 Å². The molecule has 0 bridgehead atoms. The third-order valence-electron chi connectivity index (χ3n) is 4.28. The maximum atomic E-state index is 12.6. The van der Waals surface area contributed by atoms with Crippen molar-refractivity contribution in [3.05, 3.63) is 29.3 Å². The lowest BCUT2D eigenvalue weighted by atomic mass is 9.98. The van der Waals surface area contributed by atoms with Gasteiger partial charge >= 0.3 is 5.97 Å². The Kier molecular flexibility index (Phi) is 2.92. The number of carbonyl (C=O) groups excluding carboxylic acids is 1. The quantitative estimate of drug-likeness (QED) is 0.892. The maximum Gasteiger partial charge on any atom is 0.329 e. The van der Waals surface area contributed by atoms with Gasteiger partial charge in [0.2, 0.25) is 0 Å². The Labute approximate surface area is 117 Å². The van der Waals surface area contributed by atoms with Crippen molar-refractivity contribution in [1.82, 2.24) is 4.90 Å². The first kappa shape index (κ1) is 13.0. The predicted molar refractivity (Wildman–Crippen MR) is 72.0 cm³/mol. The van der Waals surface area contributed by atoms with Crippen LogP contribution in [0, 0.1) is 0 Å². The van der Waals surface area contributed by atoms with Crippen LogP contribution >= 0.6 is 0 Å². The summed E-state index contributed by atoms with van der Waals surface area (Å²) in [6.45, 7) is 2.76. The highest BCUT2D eigenvalue weighted by Gasteiger charge is 2.46. The fraction of sp³-hybridized carbons (Fsp3) is 0.467. The number of hydrogen-bond acceptors (Lipinski definition) is 3. The smallest absolute Gasteiger partial charge is 0.329 e. The molecular weight excluding hydrogens is 258 g/mol. The van der Waals surface area contributed by atoms with E-state index in [1.165, 1.54) is 4.90 Å². The monoisotopic (exact) mass is 275 g/mol. The number of rotatable bonds is 2. The lowest BCUT2D eigenvalue weighted by Crippen LogP contribution is -2.50. The molecule has 0 aromatic heterocycles. The summed E-state index contributed by atoms with van der Waals surface area (Å²) in [7, 11) is 0. The van der Waals surface area contributed by atoms with Crippen molar-refractivity contribution in [1.29, 1.82) is 0 Å². The fourth-order valence-electron chi connectivity index (χ4n) is 2.99. The summed E-state index contributed by atoms with van der Waals surface area (Å²) in [4.78, 5) is 25.5. The second-order valence-corrected chi connectivity index (χ2v) is 5.56. The van der Waals surface area contributed by atoms with E-state index >= 15 is 0 Å². The molecule has 2 aliphatic rings. The van der Waals surface area contributed by atoms with E-state index in [2.05, 4.69) is 0 Å². The first-order valence-corrected chi connectivity index (χ1v) is 6.83. The molecule has 1 amide bonds. The van der Waals surface area contributed by atoms with Gasteiger partial charge in [-0.3, -0.25) is 4.79 Å². The van der Waals surface area contributed by atoms with Crippen molar-refractivity contribution in [2.24, 2.45) is 0 Å². The van der Waals surface area contributed by atoms with E-state index < -0.39 is 11.5 Å². The van der Waals surface area contributed by atoms with E-state index in [9.17, 15) is 14.7 Å². The minimum absolute atomic E-state index is 0.206. The van der Waals surface area contributed by atoms with E-state index in [-0.39, 0.29) is 5.91 Å². The number of amides is 1. The molecule has 1 aromatic rings. The third kappa shape index (κ3) is 1.85. The highest BCUT2D eigenvalue weighted by Crippen LogP contribution is 2.32. The van der Waals surface area contributed by atoms with Gasteiger partial charge in [-0.25, -0.2) is 4.79 Å². The molecule has 1 unspecified atom stereocenters. The maximum absolute atomic E-state index is 12.6. The first-order valence-electron chi connectivity index (χ1n) is 6.83. The van der Waals surface area contributed by atoms with E-state index in [1.807, 2.05) is 6.07 Å². The van der Waals surface area contributed by atoms with Crippen LogP contribution in [0.25, 0.3) is 0 Å². The minimum atomic E-state index is -1.09. The molecule has 0 saturated carbocycles. The molecule has 0 aliphatic carbocycles. The van der Waals surface area contributed by atoms with Gasteiger partial charge < -0.3 is 14.7 Å². The molecule has 1 saturated heterocycles. The summed E-state index contributed by atoms with van der Waals surface area (Å²) in [5.74, 6) is -0.320. The molecule has 0 radical (unpaired) electrons. The molecule has 106 valence electrons. The van der Waals surface area contributed by atoms with E-state index in [0.717, 1.165) is 24.2 Å². The van der Waals surface area contributed by atoms with Crippen LogP contribution in [-0.2, 0) is 11.2 Å². The number of carboxylic acid groups (broad SMARTS) is 1. The zero-order valence-corrected chi connectivity index (χ0v) is 11.4. The molecule has 5 heteroatoms. The Morgan fingerprint density at radius 3 is 2.95 bits per heavy atom. The molecule has 5 nitrogen and oxygen atoms in total. The molecule has 1 aromatic carbocycles. The summed E-state index contributed by atoms with van der Waals surface area (Å²) in [6, 6.07) is 5.34. The van der Waals surface area contributed by atoms with Gasteiger partial charge in [0.05, 0.1) is 6.61 Å². The lowest BCUT2D eigenvalue weighted by Gasteiger charge is -2.31. The highest BCUT2D eigenvalue weighted by molar-refractivity contribution is 5.98. The van der Waals surface area contributed by atoms with Crippen molar-refractivity contribution in [2.45, 2.75) is 31.7 Å². The number of benzene rings is 1. The summed E-state index contributed by atoms with van der Waals surface area (Å²) in [5.41, 5.74) is 0.475. The molecule has 1 fully saturated rings. The normalized spacial score (nSPS) is 24.4. The summed E-state index contributed by atoms with van der Waals surface area (Å²) in [6.07, 6.45) is 2.03. The molecule has 1 N–H and O–H groups in total. The summed E-state index contributed by atoms with van der Waals surface area (Å²) in [5, 5.41) is 9.38. The van der Waals surface area contributed by atoms with E-state index in [1.54, 1.807) is 19.1 Å². The second-order valence-electron chi connectivity index (χ2n) is 5.56. The second kappa shape index (κ2) is 4.51. The highest BCUT2D eigenvalue weighted by atomic mass is 16.5. The zero-order chi connectivity index (χ0) is 14.3. The Balaban J connectivity index is 1.91. The van der Waals surface area contributed by atoms with Crippen LogP contribution in [0.3, 0.4) is 0 Å². The SMILES string of the molecule is CC1(C(=O)O)CCCN1C(=O)c1ccc2c(c1)CCO2. The summed E-state index contributed by atoms with van der Waals surface area (Å²) >= 11 is 0. The van der Waals surface area contributed by atoms with Gasteiger partial charge in [-0.05, 0) is 43.5 Å². The Morgan fingerprint density at radius 2 is 2.20 bits per heavy atom. The Bertz CT molecular complexity index is 583. The molecular formula is C15H17NO4. The third-order valence-corrected chi connectivity index (χ3v) is 4.28. The number of carbonyl (C=O) groups is 2. The van der Waals surface area contributed by atoms with Gasteiger partial charge in [0.15, 0.2) is 0 Å². The van der Waals surface area contributed by atoms with Crippen LogP contribution in [0.15, 0.2) is 18.2 Å². The molecule has 2 heterocycles. The first-order chi connectivity index (χ1) is 9.52. The lowest BCUT2D eigenvalue weighted by molar-refractivity contribution is -0.147. The average Bonchev–Trinajstić information content (AvgIpc) is 3.03. The number of nitrogens with zero attached hydrogens (tertiary/aromatic N) is 1. The van der Waals surface area contributed by atoms with Crippen LogP contribution in [0.4, 0.5) is 0 Å². The van der Waals surface area contributed by atoms with Gasteiger partial charge in [-0.15, -0.1) is 0 Å². The summed E-state index contributed by atoms with van der Waals surface area (Å²) < 4.78 is 5.42. The molecule has 20 heavy (non-hydrogen) atoms. The van der Waals surface area contributed by atoms with E-state index in [0.29, 0.717) is 25.1 Å². The number of fused-ring (bicyclic) bond motifs is 1. The van der Waals surface area contributed by atoms with Gasteiger partial charge in [0, 0.05) is 18.5 Å². The van der Waals surface area contributed by atoms with Gasteiger partial charge in [0.1, 0.15) is 11.3 Å². The predicted octanol–water partition coefficient (Wildman–Crippen LogP) is 1.70. The fourth-order valence-corrected chi connectivity index (χ4v) is 2.99. The molecule has 2 aliphatic heterocycles. The number of carboxylic acids is 1. The largest absolute Gasteiger partial charge is 0.493 e. The Hall–Kier alpha value is -2.04. The van der Waals surface area contributed by atoms with Crippen LogP contribution < -0.4 is 4.74 Å². The van der Waals surface area contributed by atoms with Crippen LogP contribution in [0.1, 0.15) is 35.7 Å². The number of hydrogen-bond donors (Lipinski definition) is 1.